The Kier molecular flexibility index (Phi) is 5.69. The molecular weight excluding hydrogens is 305 g/mol. The van der Waals surface area contributed by atoms with Gasteiger partial charge in [-0.25, -0.2) is 4.39 Å². The second-order valence-corrected chi connectivity index (χ2v) is 5.56. The lowest BCUT2D eigenvalue weighted by atomic mass is 10.1. The molecule has 1 N–H and O–H groups in total. The zero-order chi connectivity index (χ0) is 17.7. The molecular formula is C18H22FN5. The van der Waals surface area contributed by atoms with E-state index in [1.807, 2.05) is 38.7 Å². The molecule has 0 aliphatic rings. The maximum atomic E-state index is 14.3. The number of hydrogen-bond donors (Lipinski definition) is 1. The molecule has 0 fully saturated rings. The number of anilines is 2. The van der Waals surface area contributed by atoms with Crippen molar-refractivity contribution in [2.24, 2.45) is 0 Å². The summed E-state index contributed by atoms with van der Waals surface area (Å²) in [7, 11) is 0. The van der Waals surface area contributed by atoms with Crippen LogP contribution < -0.4 is 10.2 Å². The van der Waals surface area contributed by atoms with Crippen molar-refractivity contribution in [3.8, 4) is 6.07 Å². The van der Waals surface area contributed by atoms with Crippen LogP contribution in [0.3, 0.4) is 0 Å². The number of nitriles is 1. The van der Waals surface area contributed by atoms with Gasteiger partial charge in [-0.15, -0.1) is 5.10 Å². The molecule has 0 bridgehead atoms. The summed E-state index contributed by atoms with van der Waals surface area (Å²) in [5, 5.41) is 20.4. The summed E-state index contributed by atoms with van der Waals surface area (Å²) in [6, 6.07) is 7.33. The molecule has 0 aliphatic heterocycles. The molecule has 1 heterocycles. The van der Waals surface area contributed by atoms with E-state index < -0.39 is 0 Å². The number of halogens is 1. The largest absolute Gasteiger partial charge is 0.370 e. The molecule has 0 radical (unpaired) electrons. The van der Waals surface area contributed by atoms with E-state index in [1.165, 1.54) is 6.07 Å². The lowest BCUT2D eigenvalue weighted by Crippen LogP contribution is -2.23. The molecule has 2 rings (SSSR count). The van der Waals surface area contributed by atoms with Gasteiger partial charge in [0.25, 0.3) is 0 Å². The van der Waals surface area contributed by atoms with Crippen LogP contribution in [0.5, 0.6) is 0 Å². The van der Waals surface area contributed by atoms with E-state index in [-0.39, 0.29) is 5.82 Å². The highest BCUT2D eigenvalue weighted by atomic mass is 19.1. The first kappa shape index (κ1) is 17.7. The second-order valence-electron chi connectivity index (χ2n) is 5.56. The highest BCUT2D eigenvalue weighted by Crippen LogP contribution is 2.22. The van der Waals surface area contributed by atoms with Crippen LogP contribution >= 0.6 is 0 Å². The third-order valence-corrected chi connectivity index (χ3v) is 4.14. The van der Waals surface area contributed by atoms with Gasteiger partial charge in [-0.2, -0.15) is 10.4 Å². The first-order chi connectivity index (χ1) is 11.5. The van der Waals surface area contributed by atoms with Gasteiger partial charge < -0.3 is 10.2 Å². The summed E-state index contributed by atoms with van der Waals surface area (Å²) in [6.45, 7) is 9.55. The normalized spacial score (nSPS) is 10.3. The number of aryl methyl sites for hydroxylation is 1. The smallest absolute Gasteiger partial charge is 0.167 e. The lowest BCUT2D eigenvalue weighted by Gasteiger charge is -2.22. The van der Waals surface area contributed by atoms with E-state index in [4.69, 9.17) is 0 Å². The zero-order valence-electron chi connectivity index (χ0n) is 14.5. The molecule has 0 atom stereocenters. The van der Waals surface area contributed by atoms with Crippen LogP contribution in [0.15, 0.2) is 18.2 Å². The average Bonchev–Trinajstić information content (AvgIpc) is 2.58. The Labute approximate surface area is 142 Å². The molecule has 6 heteroatoms. The Morgan fingerprint density at radius 2 is 1.92 bits per heavy atom. The third-order valence-electron chi connectivity index (χ3n) is 4.14. The Morgan fingerprint density at radius 3 is 2.50 bits per heavy atom. The molecule has 0 amide bonds. The topological polar surface area (TPSA) is 64.8 Å². The van der Waals surface area contributed by atoms with Gasteiger partial charge in [0.05, 0.1) is 11.4 Å². The van der Waals surface area contributed by atoms with Crippen LogP contribution in [0.2, 0.25) is 0 Å². The zero-order valence-corrected chi connectivity index (χ0v) is 14.5. The maximum absolute atomic E-state index is 14.3. The number of aromatic nitrogens is 2. The number of nitrogens with zero attached hydrogens (tertiary/aromatic N) is 4. The minimum Gasteiger partial charge on any atom is -0.370 e. The molecule has 1 aromatic heterocycles. The molecule has 0 saturated carbocycles. The van der Waals surface area contributed by atoms with Gasteiger partial charge in [0, 0.05) is 19.6 Å². The van der Waals surface area contributed by atoms with E-state index in [0.717, 1.165) is 29.9 Å². The van der Waals surface area contributed by atoms with Crippen molar-refractivity contribution in [1.29, 1.82) is 5.26 Å². The van der Waals surface area contributed by atoms with Gasteiger partial charge in [0.1, 0.15) is 17.4 Å². The van der Waals surface area contributed by atoms with Crippen molar-refractivity contribution in [2.75, 3.05) is 23.3 Å². The predicted octanol–water partition coefficient (Wildman–Crippen LogP) is 3.56. The number of nitrogens with one attached hydrogen (secondary N) is 1. The highest BCUT2D eigenvalue weighted by molar-refractivity contribution is 5.56. The predicted molar refractivity (Wildman–Crippen MR) is 93.5 cm³/mol. The van der Waals surface area contributed by atoms with E-state index in [0.29, 0.717) is 23.6 Å². The average molecular weight is 327 g/mol. The molecule has 0 aliphatic carbocycles. The van der Waals surface area contributed by atoms with Crippen LogP contribution in [0.25, 0.3) is 0 Å². The Hall–Kier alpha value is -2.68. The van der Waals surface area contributed by atoms with Crippen LogP contribution in [0, 0.1) is 31.0 Å². The fourth-order valence-corrected chi connectivity index (χ4v) is 2.54. The monoisotopic (exact) mass is 327 g/mol. The molecule has 0 saturated heterocycles. The summed E-state index contributed by atoms with van der Waals surface area (Å²) < 4.78 is 14.3. The first-order valence-electron chi connectivity index (χ1n) is 8.03. The molecule has 1 aromatic carbocycles. The van der Waals surface area contributed by atoms with Gasteiger partial charge >= 0.3 is 0 Å². The van der Waals surface area contributed by atoms with E-state index in [2.05, 4.69) is 21.6 Å². The molecule has 2 aromatic rings. The highest BCUT2D eigenvalue weighted by Gasteiger charge is 2.12. The van der Waals surface area contributed by atoms with Crippen LogP contribution in [0.4, 0.5) is 15.9 Å². The van der Waals surface area contributed by atoms with Crippen molar-refractivity contribution in [3.63, 3.8) is 0 Å². The molecule has 126 valence electrons. The van der Waals surface area contributed by atoms with Gasteiger partial charge in [-0.3, -0.25) is 0 Å². The minimum atomic E-state index is -0.246. The second kappa shape index (κ2) is 7.73. The van der Waals surface area contributed by atoms with Crippen LogP contribution in [-0.2, 0) is 6.54 Å². The molecule has 24 heavy (non-hydrogen) atoms. The van der Waals surface area contributed by atoms with Crippen LogP contribution in [-0.4, -0.2) is 23.3 Å². The van der Waals surface area contributed by atoms with Crippen molar-refractivity contribution < 1.29 is 4.39 Å². The summed E-state index contributed by atoms with van der Waals surface area (Å²) in [5.74, 6) is 0.179. The fourth-order valence-electron chi connectivity index (χ4n) is 2.54. The molecule has 5 nitrogen and oxygen atoms in total. The third kappa shape index (κ3) is 3.62. The molecule has 0 spiro atoms. The quantitative estimate of drug-likeness (QED) is 0.879. The summed E-state index contributed by atoms with van der Waals surface area (Å²) >= 11 is 0. The Balaban J connectivity index is 2.18. The minimum absolute atomic E-state index is 0.246. The van der Waals surface area contributed by atoms with Crippen molar-refractivity contribution >= 4 is 11.5 Å². The maximum Gasteiger partial charge on any atom is 0.167 e. The van der Waals surface area contributed by atoms with Gasteiger partial charge in [-0.05, 0) is 51.0 Å². The van der Waals surface area contributed by atoms with Crippen molar-refractivity contribution in [1.82, 2.24) is 10.2 Å². The number of rotatable bonds is 6. The summed E-state index contributed by atoms with van der Waals surface area (Å²) in [6.07, 6.45) is 0. The van der Waals surface area contributed by atoms with Crippen LogP contribution in [0.1, 0.15) is 36.2 Å². The first-order valence-corrected chi connectivity index (χ1v) is 8.03. The SMILES string of the molecule is CCN(CC)c1ccc(CNc2nnc(C)c(C)c2C#N)cc1F. The van der Waals surface area contributed by atoms with E-state index in [1.54, 1.807) is 6.07 Å². The molecule has 0 unspecified atom stereocenters. The summed E-state index contributed by atoms with van der Waals surface area (Å²) in [4.78, 5) is 1.97. The summed E-state index contributed by atoms with van der Waals surface area (Å²) in [5.41, 5.74) is 3.40. The van der Waals surface area contributed by atoms with Crippen molar-refractivity contribution in [2.45, 2.75) is 34.2 Å². The van der Waals surface area contributed by atoms with Gasteiger partial charge in [0.2, 0.25) is 0 Å². The Morgan fingerprint density at radius 1 is 1.21 bits per heavy atom. The fraction of sp³-hybridized carbons (Fsp3) is 0.389. The van der Waals surface area contributed by atoms with E-state index in [9.17, 15) is 9.65 Å². The van der Waals surface area contributed by atoms with E-state index >= 15 is 0 Å². The lowest BCUT2D eigenvalue weighted by molar-refractivity contribution is 0.618. The van der Waals surface area contributed by atoms with Gasteiger partial charge in [-0.1, -0.05) is 6.07 Å². The number of hydrogen-bond acceptors (Lipinski definition) is 5. The number of benzene rings is 1. The van der Waals surface area contributed by atoms with Gasteiger partial charge in [0.15, 0.2) is 5.82 Å². The Bertz CT molecular complexity index is 763. The standard InChI is InChI=1S/C18H22FN5/c1-5-24(6-2)17-8-7-14(9-16(17)19)11-21-18-15(10-20)12(3)13(4)22-23-18/h7-9H,5-6,11H2,1-4H3,(H,21,23). The van der Waals surface area contributed by atoms with Crippen molar-refractivity contribution in [3.05, 3.63) is 46.4 Å².